The van der Waals surface area contributed by atoms with Crippen molar-refractivity contribution in [3.8, 4) is 11.5 Å². The molecule has 10 heteroatoms. The lowest BCUT2D eigenvalue weighted by atomic mass is 9.94. The first-order chi connectivity index (χ1) is 15.4. The van der Waals surface area contributed by atoms with Gasteiger partial charge in [0.1, 0.15) is 6.04 Å². The summed E-state index contributed by atoms with van der Waals surface area (Å²) in [7, 11) is 1.58. The number of rotatable bonds is 6. The number of methoxy groups -OCH3 is 1. The molecule has 1 aliphatic heterocycles. The fourth-order valence-corrected chi connectivity index (χ4v) is 4.36. The van der Waals surface area contributed by atoms with Gasteiger partial charge in [-0.1, -0.05) is 17.2 Å². The van der Waals surface area contributed by atoms with Gasteiger partial charge in [-0.05, 0) is 82.5 Å². The van der Waals surface area contributed by atoms with Crippen molar-refractivity contribution < 1.29 is 14.3 Å². The zero-order valence-corrected chi connectivity index (χ0v) is 19.7. The van der Waals surface area contributed by atoms with Crippen LogP contribution in [0.15, 0.2) is 52.1 Å². The third-order valence-corrected chi connectivity index (χ3v) is 5.68. The van der Waals surface area contributed by atoms with Crippen molar-refractivity contribution in [3.05, 3.63) is 63.3 Å². The SMILES string of the molecule is CCOc1cc(C2C(C(=O)Nc3cccc(C)c3)=C(C)Nc3nnnn32)cc(Br)c1OC. The van der Waals surface area contributed by atoms with E-state index in [0.29, 0.717) is 45.5 Å². The van der Waals surface area contributed by atoms with Crippen molar-refractivity contribution in [1.29, 1.82) is 0 Å². The average molecular weight is 499 g/mol. The molecule has 2 N–H and O–H groups in total. The highest BCUT2D eigenvalue weighted by Gasteiger charge is 2.35. The number of hydrogen-bond donors (Lipinski definition) is 2. The molecule has 32 heavy (non-hydrogen) atoms. The number of benzene rings is 2. The van der Waals surface area contributed by atoms with Gasteiger partial charge < -0.3 is 20.1 Å². The Hall–Kier alpha value is -3.40. The lowest BCUT2D eigenvalue weighted by Gasteiger charge is -2.28. The van der Waals surface area contributed by atoms with E-state index < -0.39 is 6.04 Å². The van der Waals surface area contributed by atoms with Gasteiger partial charge in [0.25, 0.3) is 5.91 Å². The van der Waals surface area contributed by atoms with Crippen LogP contribution in [-0.2, 0) is 4.79 Å². The number of ether oxygens (including phenoxy) is 2. The highest BCUT2D eigenvalue weighted by atomic mass is 79.9. The maximum atomic E-state index is 13.5. The summed E-state index contributed by atoms with van der Waals surface area (Å²) in [4.78, 5) is 13.5. The Morgan fingerprint density at radius 2 is 2.09 bits per heavy atom. The maximum Gasteiger partial charge on any atom is 0.255 e. The van der Waals surface area contributed by atoms with E-state index in [1.165, 1.54) is 0 Å². The molecule has 2 heterocycles. The van der Waals surface area contributed by atoms with E-state index >= 15 is 0 Å². The molecule has 1 aliphatic rings. The fraction of sp³-hybridized carbons (Fsp3) is 0.273. The van der Waals surface area contributed by atoms with E-state index in [4.69, 9.17) is 9.47 Å². The van der Waals surface area contributed by atoms with E-state index in [0.717, 1.165) is 11.1 Å². The van der Waals surface area contributed by atoms with Gasteiger partial charge in [0.15, 0.2) is 11.5 Å². The Morgan fingerprint density at radius 1 is 1.28 bits per heavy atom. The number of allylic oxidation sites excluding steroid dienone is 1. The number of anilines is 2. The molecule has 3 aromatic rings. The Morgan fingerprint density at radius 3 is 2.81 bits per heavy atom. The minimum Gasteiger partial charge on any atom is -0.492 e. The monoisotopic (exact) mass is 498 g/mol. The zero-order valence-electron chi connectivity index (χ0n) is 18.1. The summed E-state index contributed by atoms with van der Waals surface area (Å²) in [6, 6.07) is 10.8. The van der Waals surface area contributed by atoms with Crippen LogP contribution in [-0.4, -0.2) is 39.8 Å². The van der Waals surface area contributed by atoms with E-state index in [1.54, 1.807) is 11.8 Å². The second-order valence-electron chi connectivity index (χ2n) is 7.30. The van der Waals surface area contributed by atoms with Gasteiger partial charge in [-0.25, -0.2) is 0 Å². The smallest absolute Gasteiger partial charge is 0.255 e. The molecular formula is C22H23BrN6O3. The molecule has 166 valence electrons. The lowest BCUT2D eigenvalue weighted by molar-refractivity contribution is -0.113. The number of hydrogen-bond acceptors (Lipinski definition) is 7. The number of carbonyl (C=O) groups excluding carboxylic acids is 1. The summed E-state index contributed by atoms with van der Waals surface area (Å²) in [5.74, 6) is 1.33. The van der Waals surface area contributed by atoms with Crippen molar-refractivity contribution in [3.63, 3.8) is 0 Å². The third-order valence-electron chi connectivity index (χ3n) is 5.09. The van der Waals surface area contributed by atoms with Crippen molar-refractivity contribution in [2.45, 2.75) is 26.8 Å². The number of aryl methyl sites for hydroxylation is 1. The van der Waals surface area contributed by atoms with Crippen LogP contribution in [0.1, 0.15) is 31.0 Å². The van der Waals surface area contributed by atoms with Crippen LogP contribution < -0.4 is 20.1 Å². The van der Waals surface area contributed by atoms with Gasteiger partial charge >= 0.3 is 0 Å². The number of halogens is 1. The topological polar surface area (TPSA) is 103 Å². The van der Waals surface area contributed by atoms with Gasteiger partial charge in [0.2, 0.25) is 5.95 Å². The number of aromatic nitrogens is 4. The first-order valence-electron chi connectivity index (χ1n) is 10.1. The molecule has 0 aliphatic carbocycles. The zero-order chi connectivity index (χ0) is 22.8. The van der Waals surface area contributed by atoms with Gasteiger partial charge in [0.05, 0.1) is 23.8 Å². The van der Waals surface area contributed by atoms with Crippen molar-refractivity contribution in [1.82, 2.24) is 20.2 Å². The quantitative estimate of drug-likeness (QED) is 0.527. The Labute approximate surface area is 193 Å². The van der Waals surface area contributed by atoms with Gasteiger partial charge in [0, 0.05) is 11.4 Å². The molecule has 1 atom stereocenters. The predicted molar refractivity (Wildman–Crippen MR) is 124 cm³/mol. The molecule has 0 bridgehead atoms. The molecule has 1 amide bonds. The summed E-state index contributed by atoms with van der Waals surface area (Å²) in [6.07, 6.45) is 0. The number of carbonyl (C=O) groups is 1. The molecule has 0 radical (unpaired) electrons. The maximum absolute atomic E-state index is 13.5. The molecule has 0 spiro atoms. The van der Waals surface area contributed by atoms with Crippen LogP contribution in [0.4, 0.5) is 11.6 Å². The largest absolute Gasteiger partial charge is 0.492 e. The van der Waals surface area contributed by atoms with Gasteiger partial charge in [-0.3, -0.25) is 4.79 Å². The highest BCUT2D eigenvalue weighted by Crippen LogP contribution is 2.42. The van der Waals surface area contributed by atoms with Crippen LogP contribution >= 0.6 is 15.9 Å². The summed E-state index contributed by atoms with van der Waals surface area (Å²) < 4.78 is 13.6. The molecule has 1 aromatic heterocycles. The molecule has 2 aromatic carbocycles. The van der Waals surface area contributed by atoms with Gasteiger partial charge in [-0.15, -0.1) is 0 Å². The minimum absolute atomic E-state index is 0.253. The summed E-state index contributed by atoms with van der Waals surface area (Å²) in [5, 5.41) is 18.1. The van der Waals surface area contributed by atoms with Crippen LogP contribution in [0.2, 0.25) is 0 Å². The van der Waals surface area contributed by atoms with Crippen molar-refractivity contribution >= 4 is 33.5 Å². The standard InChI is InChI=1S/C22H23BrN6O3/c1-5-32-17-11-14(10-16(23)20(17)31-4)19-18(13(3)24-22-26-27-28-29(19)22)21(30)25-15-8-6-7-12(2)9-15/h6-11,19H,5H2,1-4H3,(H,25,30)(H,24,26,28). The van der Waals surface area contributed by atoms with E-state index in [1.807, 2.05) is 57.2 Å². The minimum atomic E-state index is -0.576. The third kappa shape index (κ3) is 4.05. The number of nitrogens with one attached hydrogen (secondary N) is 2. The van der Waals surface area contributed by atoms with E-state index in [-0.39, 0.29) is 5.91 Å². The van der Waals surface area contributed by atoms with Crippen molar-refractivity contribution in [2.75, 3.05) is 24.4 Å². The number of amides is 1. The van der Waals surface area contributed by atoms with E-state index in [9.17, 15) is 4.79 Å². The van der Waals surface area contributed by atoms with Crippen LogP contribution in [0.25, 0.3) is 0 Å². The molecular weight excluding hydrogens is 476 g/mol. The number of nitrogens with zero attached hydrogens (tertiary/aromatic N) is 4. The fourth-order valence-electron chi connectivity index (χ4n) is 3.74. The molecule has 0 fully saturated rings. The number of fused-ring (bicyclic) bond motifs is 1. The molecule has 1 unspecified atom stereocenters. The highest BCUT2D eigenvalue weighted by molar-refractivity contribution is 9.10. The van der Waals surface area contributed by atoms with Crippen LogP contribution in [0.5, 0.6) is 11.5 Å². The lowest BCUT2D eigenvalue weighted by Crippen LogP contribution is -2.31. The Balaban J connectivity index is 1.82. The van der Waals surface area contributed by atoms with Gasteiger partial charge in [-0.2, -0.15) is 4.68 Å². The summed E-state index contributed by atoms with van der Waals surface area (Å²) >= 11 is 3.56. The summed E-state index contributed by atoms with van der Waals surface area (Å²) in [6.45, 7) is 6.17. The molecule has 0 saturated carbocycles. The molecule has 0 saturated heterocycles. The predicted octanol–water partition coefficient (Wildman–Crippen LogP) is 4.08. The second-order valence-corrected chi connectivity index (χ2v) is 8.16. The van der Waals surface area contributed by atoms with E-state index in [2.05, 4.69) is 42.1 Å². The first-order valence-corrected chi connectivity index (χ1v) is 10.9. The first kappa shape index (κ1) is 21.8. The Bertz CT molecular complexity index is 1210. The second kappa shape index (κ2) is 8.99. The average Bonchev–Trinajstić information content (AvgIpc) is 3.20. The van der Waals surface area contributed by atoms with Crippen LogP contribution in [0, 0.1) is 6.92 Å². The Kier molecular flexibility index (Phi) is 6.13. The van der Waals surface area contributed by atoms with Crippen molar-refractivity contribution in [2.24, 2.45) is 0 Å². The van der Waals surface area contributed by atoms with Crippen LogP contribution in [0.3, 0.4) is 0 Å². The summed E-state index contributed by atoms with van der Waals surface area (Å²) in [5.41, 5.74) is 3.68. The normalized spacial score (nSPS) is 15.1. The molecule has 9 nitrogen and oxygen atoms in total. The number of tetrazole rings is 1. The molecule has 4 rings (SSSR count).